The lowest BCUT2D eigenvalue weighted by Crippen LogP contribution is -2.31. The lowest BCUT2D eigenvalue weighted by Gasteiger charge is -2.19. The van der Waals surface area contributed by atoms with Gasteiger partial charge in [0.1, 0.15) is 11.3 Å². The number of carbonyl (C=O) groups is 1. The van der Waals surface area contributed by atoms with Crippen LogP contribution in [-0.4, -0.2) is 49.1 Å². The molecule has 3 aromatic rings. The molecule has 4 rings (SSSR count). The van der Waals surface area contributed by atoms with Crippen molar-refractivity contribution >= 4 is 17.0 Å². The number of aromatic nitrogens is 1. The van der Waals surface area contributed by atoms with E-state index in [4.69, 9.17) is 9.15 Å². The van der Waals surface area contributed by atoms with E-state index in [1.165, 1.54) is 12.8 Å². The highest BCUT2D eigenvalue weighted by Crippen LogP contribution is 2.27. The highest BCUT2D eigenvalue weighted by molar-refractivity contribution is 5.97. The SMILES string of the molecule is COc1cccc(-c2nc3ccc(C(=O)NCC[C@H]4CCCN4C)cc3o2)c1. The van der Waals surface area contributed by atoms with Crippen LogP contribution in [0.15, 0.2) is 46.9 Å². The molecule has 0 spiro atoms. The fraction of sp³-hybridized carbons (Fsp3) is 0.364. The van der Waals surface area contributed by atoms with Crippen molar-refractivity contribution in [3.63, 3.8) is 0 Å². The quantitative estimate of drug-likeness (QED) is 0.707. The second kappa shape index (κ2) is 8.02. The molecule has 28 heavy (non-hydrogen) atoms. The average molecular weight is 379 g/mol. The first-order chi connectivity index (χ1) is 13.6. The third-order valence-corrected chi connectivity index (χ3v) is 5.40. The number of oxazole rings is 1. The van der Waals surface area contributed by atoms with Crippen molar-refractivity contribution in [2.24, 2.45) is 0 Å². The minimum Gasteiger partial charge on any atom is -0.497 e. The Kier molecular flexibility index (Phi) is 5.30. The van der Waals surface area contributed by atoms with Gasteiger partial charge in [-0.15, -0.1) is 0 Å². The van der Waals surface area contributed by atoms with Crippen LogP contribution in [0.1, 0.15) is 29.6 Å². The van der Waals surface area contributed by atoms with E-state index in [9.17, 15) is 4.79 Å². The number of hydrogen-bond donors (Lipinski definition) is 1. The zero-order valence-corrected chi connectivity index (χ0v) is 16.3. The molecule has 0 radical (unpaired) electrons. The number of hydrogen-bond acceptors (Lipinski definition) is 5. The lowest BCUT2D eigenvalue weighted by atomic mass is 10.1. The monoisotopic (exact) mass is 379 g/mol. The van der Waals surface area contributed by atoms with Crippen LogP contribution in [0, 0.1) is 0 Å². The summed E-state index contributed by atoms with van der Waals surface area (Å²) in [6.45, 7) is 1.83. The van der Waals surface area contributed by atoms with Crippen LogP contribution < -0.4 is 10.1 Å². The minimum atomic E-state index is -0.0816. The molecule has 6 heteroatoms. The Labute approximate surface area is 164 Å². The summed E-state index contributed by atoms with van der Waals surface area (Å²) < 4.78 is 11.1. The van der Waals surface area contributed by atoms with Gasteiger partial charge in [-0.1, -0.05) is 6.07 Å². The Bertz CT molecular complexity index is 982. The van der Waals surface area contributed by atoms with Crippen molar-refractivity contribution in [3.8, 4) is 17.2 Å². The van der Waals surface area contributed by atoms with Crippen molar-refractivity contribution in [1.29, 1.82) is 0 Å². The van der Waals surface area contributed by atoms with Crippen LogP contribution >= 0.6 is 0 Å². The highest BCUT2D eigenvalue weighted by Gasteiger charge is 2.20. The van der Waals surface area contributed by atoms with E-state index >= 15 is 0 Å². The lowest BCUT2D eigenvalue weighted by molar-refractivity contribution is 0.0950. The Morgan fingerprint density at radius 1 is 1.32 bits per heavy atom. The smallest absolute Gasteiger partial charge is 0.251 e. The number of nitrogens with one attached hydrogen (secondary N) is 1. The number of benzene rings is 2. The molecule has 1 atom stereocenters. The summed E-state index contributed by atoms with van der Waals surface area (Å²) >= 11 is 0. The fourth-order valence-corrected chi connectivity index (χ4v) is 3.74. The summed E-state index contributed by atoms with van der Waals surface area (Å²) in [7, 11) is 3.78. The Morgan fingerprint density at radius 2 is 2.21 bits per heavy atom. The third kappa shape index (κ3) is 3.87. The van der Waals surface area contributed by atoms with E-state index in [2.05, 4.69) is 22.2 Å². The Hall–Kier alpha value is -2.86. The van der Waals surface area contributed by atoms with Crippen LogP contribution in [0.4, 0.5) is 0 Å². The molecule has 146 valence electrons. The largest absolute Gasteiger partial charge is 0.497 e. The van der Waals surface area contributed by atoms with E-state index in [0.717, 1.165) is 29.8 Å². The zero-order valence-electron chi connectivity index (χ0n) is 16.3. The minimum absolute atomic E-state index is 0.0816. The third-order valence-electron chi connectivity index (χ3n) is 5.40. The predicted octanol–water partition coefficient (Wildman–Crippen LogP) is 3.72. The van der Waals surface area contributed by atoms with Gasteiger partial charge in [0.05, 0.1) is 7.11 Å². The number of carbonyl (C=O) groups excluding carboxylic acids is 1. The number of rotatable bonds is 6. The van der Waals surface area contributed by atoms with Crippen molar-refractivity contribution in [2.75, 3.05) is 27.2 Å². The molecular weight excluding hydrogens is 354 g/mol. The number of amides is 1. The van der Waals surface area contributed by atoms with E-state index in [1.54, 1.807) is 19.2 Å². The van der Waals surface area contributed by atoms with Gasteiger partial charge in [0.2, 0.25) is 5.89 Å². The van der Waals surface area contributed by atoms with E-state index < -0.39 is 0 Å². The molecule has 0 saturated carbocycles. The van der Waals surface area contributed by atoms with Gasteiger partial charge >= 0.3 is 0 Å². The normalized spacial score (nSPS) is 17.1. The van der Waals surface area contributed by atoms with Gasteiger partial charge in [-0.3, -0.25) is 4.79 Å². The molecule has 2 heterocycles. The number of ether oxygens (including phenoxy) is 1. The average Bonchev–Trinajstić information content (AvgIpc) is 3.33. The summed E-state index contributed by atoms with van der Waals surface area (Å²) in [6, 6.07) is 13.5. The molecule has 0 aliphatic carbocycles. The standard InChI is InChI=1S/C22H25N3O3/c1-25-12-4-6-17(25)10-11-23-21(26)15-8-9-19-20(14-15)28-22(24-19)16-5-3-7-18(13-16)27-2/h3,5,7-9,13-14,17H,4,6,10-12H2,1-2H3,(H,23,26)/t17-/m1/s1. The van der Waals surface area contributed by atoms with Crippen LogP contribution in [0.2, 0.25) is 0 Å². The van der Waals surface area contributed by atoms with Crippen LogP contribution in [-0.2, 0) is 0 Å². The fourth-order valence-electron chi connectivity index (χ4n) is 3.74. The van der Waals surface area contributed by atoms with Gasteiger partial charge in [0.15, 0.2) is 5.58 Å². The summed E-state index contributed by atoms with van der Waals surface area (Å²) in [4.78, 5) is 19.4. The molecule has 2 aromatic carbocycles. The second-order valence-electron chi connectivity index (χ2n) is 7.25. The molecule has 0 bridgehead atoms. The maximum Gasteiger partial charge on any atom is 0.251 e. The van der Waals surface area contributed by atoms with Gasteiger partial charge < -0.3 is 19.4 Å². The van der Waals surface area contributed by atoms with E-state index in [1.807, 2.05) is 30.3 Å². The van der Waals surface area contributed by atoms with Crippen LogP contribution in [0.5, 0.6) is 5.75 Å². The maximum absolute atomic E-state index is 12.5. The predicted molar refractivity (Wildman–Crippen MR) is 109 cm³/mol. The maximum atomic E-state index is 12.5. The van der Waals surface area contributed by atoms with Gasteiger partial charge in [0, 0.05) is 23.7 Å². The number of nitrogens with zero attached hydrogens (tertiary/aromatic N) is 2. The molecule has 1 N–H and O–H groups in total. The molecule has 0 unspecified atom stereocenters. The topological polar surface area (TPSA) is 67.6 Å². The van der Waals surface area contributed by atoms with Gasteiger partial charge in [0.25, 0.3) is 5.91 Å². The summed E-state index contributed by atoms with van der Waals surface area (Å²) in [5.74, 6) is 1.17. The summed E-state index contributed by atoms with van der Waals surface area (Å²) in [6.07, 6.45) is 3.43. The first-order valence-corrected chi connectivity index (χ1v) is 9.67. The Balaban J connectivity index is 1.45. The van der Waals surface area contributed by atoms with Gasteiger partial charge in [-0.2, -0.15) is 0 Å². The molecule has 1 aliphatic rings. The number of likely N-dealkylation sites (tertiary alicyclic amines) is 1. The van der Waals surface area contributed by atoms with Crippen molar-refractivity contribution < 1.29 is 13.9 Å². The number of fused-ring (bicyclic) bond motifs is 1. The summed E-state index contributed by atoms with van der Waals surface area (Å²) in [5, 5.41) is 3.02. The molecule has 1 aromatic heterocycles. The number of methoxy groups -OCH3 is 1. The zero-order chi connectivity index (χ0) is 19.5. The highest BCUT2D eigenvalue weighted by atomic mass is 16.5. The van der Waals surface area contributed by atoms with Crippen molar-refractivity contribution in [3.05, 3.63) is 48.0 Å². The molecule has 1 fully saturated rings. The van der Waals surface area contributed by atoms with Gasteiger partial charge in [-0.05, 0) is 69.3 Å². The first-order valence-electron chi connectivity index (χ1n) is 9.67. The molecule has 6 nitrogen and oxygen atoms in total. The van der Waals surface area contributed by atoms with E-state index in [0.29, 0.717) is 29.6 Å². The van der Waals surface area contributed by atoms with Crippen LogP contribution in [0.3, 0.4) is 0 Å². The van der Waals surface area contributed by atoms with Gasteiger partial charge in [-0.25, -0.2) is 4.98 Å². The van der Waals surface area contributed by atoms with Crippen LogP contribution in [0.25, 0.3) is 22.6 Å². The second-order valence-corrected chi connectivity index (χ2v) is 7.25. The first kappa shape index (κ1) is 18.5. The van der Waals surface area contributed by atoms with Crippen molar-refractivity contribution in [1.82, 2.24) is 15.2 Å². The molecule has 1 amide bonds. The summed E-state index contributed by atoms with van der Waals surface area (Å²) in [5.41, 5.74) is 2.74. The molecular formula is C22H25N3O3. The Morgan fingerprint density at radius 3 is 3.00 bits per heavy atom. The van der Waals surface area contributed by atoms with Crippen molar-refractivity contribution in [2.45, 2.75) is 25.3 Å². The molecule has 1 aliphatic heterocycles. The molecule has 1 saturated heterocycles. The van der Waals surface area contributed by atoms with E-state index in [-0.39, 0.29) is 5.91 Å².